The van der Waals surface area contributed by atoms with Crippen molar-refractivity contribution in [1.82, 2.24) is 15.3 Å². The van der Waals surface area contributed by atoms with Crippen LogP contribution in [-0.4, -0.2) is 53.3 Å². The number of alkyl halides is 3. The topological polar surface area (TPSA) is 137 Å². The molecule has 246 valence electrons. The Labute approximate surface area is 274 Å². The number of aliphatic hydroxyl groups is 1. The highest BCUT2D eigenvalue weighted by Gasteiger charge is 2.57. The SMILES string of the molecule is CCOc1c(CC(N)=O)cc([C@@](O)(CNC(=O)c2cc(OC)c3nc(C)c(Cl)cc3c2)C(F)(F)F)nc1-c1csc2c(F)cccc12. The smallest absolute Gasteiger partial charge is 0.424 e. The largest absolute Gasteiger partial charge is 0.494 e. The summed E-state index contributed by atoms with van der Waals surface area (Å²) in [5.74, 6) is -2.31. The summed E-state index contributed by atoms with van der Waals surface area (Å²) in [7, 11) is 1.34. The van der Waals surface area contributed by atoms with Crippen LogP contribution >= 0.6 is 22.9 Å². The van der Waals surface area contributed by atoms with Gasteiger partial charge in [-0.3, -0.25) is 9.59 Å². The van der Waals surface area contributed by atoms with E-state index in [1.807, 2.05) is 0 Å². The van der Waals surface area contributed by atoms with E-state index >= 15 is 0 Å². The third-order valence-corrected chi connectivity index (χ3v) is 8.79. The Morgan fingerprint density at radius 1 is 1.15 bits per heavy atom. The van der Waals surface area contributed by atoms with E-state index in [4.69, 9.17) is 26.8 Å². The minimum Gasteiger partial charge on any atom is -0.494 e. The molecule has 15 heteroatoms. The van der Waals surface area contributed by atoms with Crippen LogP contribution in [0.3, 0.4) is 0 Å². The summed E-state index contributed by atoms with van der Waals surface area (Å²) < 4.78 is 70.3. The van der Waals surface area contributed by atoms with Gasteiger partial charge in [-0.15, -0.1) is 11.3 Å². The van der Waals surface area contributed by atoms with Crippen molar-refractivity contribution < 1.29 is 41.7 Å². The molecular formula is C32H27ClF4N4O5S. The number of pyridine rings is 2. The number of methoxy groups -OCH3 is 1. The highest BCUT2D eigenvalue weighted by molar-refractivity contribution is 7.17. The zero-order valence-corrected chi connectivity index (χ0v) is 26.7. The van der Waals surface area contributed by atoms with Crippen LogP contribution in [0.2, 0.25) is 5.02 Å². The van der Waals surface area contributed by atoms with Crippen LogP contribution in [0.15, 0.2) is 47.8 Å². The molecule has 0 aliphatic carbocycles. The summed E-state index contributed by atoms with van der Waals surface area (Å²) in [5, 5.41) is 16.0. The van der Waals surface area contributed by atoms with Crippen molar-refractivity contribution in [2.75, 3.05) is 20.3 Å². The number of hydrogen-bond donors (Lipinski definition) is 3. The number of amides is 2. The molecule has 0 unspecified atom stereocenters. The lowest BCUT2D eigenvalue weighted by atomic mass is 9.93. The number of aromatic nitrogens is 2. The number of rotatable bonds is 10. The summed E-state index contributed by atoms with van der Waals surface area (Å²) in [6.45, 7) is 1.95. The highest BCUT2D eigenvalue weighted by atomic mass is 35.5. The number of thiophene rings is 1. The van der Waals surface area contributed by atoms with Crippen molar-refractivity contribution in [2.24, 2.45) is 5.73 Å². The Morgan fingerprint density at radius 3 is 2.55 bits per heavy atom. The zero-order chi connectivity index (χ0) is 34.3. The molecule has 0 radical (unpaired) electrons. The minimum atomic E-state index is -5.39. The average Bonchev–Trinajstić information content (AvgIpc) is 3.45. The Bertz CT molecular complexity index is 2040. The normalized spacial score (nSPS) is 13.0. The number of carbonyl (C=O) groups excluding carboxylic acids is 2. The van der Waals surface area contributed by atoms with Crippen molar-refractivity contribution in [3.8, 4) is 22.8 Å². The monoisotopic (exact) mass is 690 g/mol. The molecule has 0 spiro atoms. The van der Waals surface area contributed by atoms with Gasteiger partial charge in [0.1, 0.15) is 28.5 Å². The number of halogens is 5. The van der Waals surface area contributed by atoms with Crippen LogP contribution < -0.4 is 20.5 Å². The lowest BCUT2D eigenvalue weighted by Gasteiger charge is -2.31. The summed E-state index contributed by atoms with van der Waals surface area (Å²) in [6, 6.07) is 9.29. The molecule has 1 atom stereocenters. The molecule has 5 rings (SSSR count). The van der Waals surface area contributed by atoms with E-state index in [1.54, 1.807) is 19.9 Å². The van der Waals surface area contributed by atoms with Gasteiger partial charge >= 0.3 is 6.18 Å². The molecule has 0 fully saturated rings. The number of primary amides is 1. The van der Waals surface area contributed by atoms with E-state index in [1.165, 1.54) is 42.8 Å². The maximum atomic E-state index is 14.8. The van der Waals surface area contributed by atoms with Crippen molar-refractivity contribution in [3.63, 3.8) is 0 Å². The number of hydrogen-bond acceptors (Lipinski definition) is 8. The van der Waals surface area contributed by atoms with E-state index in [-0.39, 0.29) is 45.2 Å². The number of fused-ring (bicyclic) bond motifs is 2. The molecule has 5 aromatic rings. The fourth-order valence-electron chi connectivity index (χ4n) is 5.06. The predicted molar refractivity (Wildman–Crippen MR) is 169 cm³/mol. The second-order valence-electron chi connectivity index (χ2n) is 10.5. The quantitative estimate of drug-likeness (QED) is 0.148. The Kier molecular flexibility index (Phi) is 9.31. The molecule has 0 aliphatic heterocycles. The number of carbonyl (C=O) groups is 2. The molecule has 47 heavy (non-hydrogen) atoms. The first kappa shape index (κ1) is 33.8. The molecule has 3 heterocycles. The van der Waals surface area contributed by atoms with E-state index in [2.05, 4.69) is 15.3 Å². The number of aryl methyl sites for hydroxylation is 1. The molecule has 9 nitrogen and oxygen atoms in total. The zero-order valence-electron chi connectivity index (χ0n) is 25.1. The number of ether oxygens (including phenoxy) is 2. The lowest BCUT2D eigenvalue weighted by molar-refractivity contribution is -0.265. The fourth-order valence-corrected chi connectivity index (χ4v) is 6.18. The van der Waals surface area contributed by atoms with Crippen molar-refractivity contribution >= 4 is 55.7 Å². The standard InChI is InChI=1S/C32H27ClF4N4O5S/c1-4-46-28-17(12-25(38)42)11-24(41-27(28)20-13-47-29-19(20)6-5-7-22(29)34)31(44,32(35,36)37)14-39-30(43)18-8-16-9-21(33)15(2)40-26(16)23(10-18)45-3/h5-11,13,44H,4,12,14H2,1-3H3,(H2,38,42)(H,39,43)/t31-/m0/s1. The second kappa shape index (κ2) is 12.9. The van der Waals surface area contributed by atoms with Gasteiger partial charge in [0, 0.05) is 32.8 Å². The molecule has 0 aliphatic rings. The van der Waals surface area contributed by atoms with E-state index in [0.717, 1.165) is 17.4 Å². The maximum Gasteiger partial charge on any atom is 0.424 e. The van der Waals surface area contributed by atoms with Gasteiger partial charge in [-0.1, -0.05) is 23.7 Å². The first-order valence-electron chi connectivity index (χ1n) is 14.0. The van der Waals surface area contributed by atoms with Crippen LogP contribution in [-0.2, 0) is 16.8 Å². The van der Waals surface area contributed by atoms with Crippen molar-refractivity contribution in [2.45, 2.75) is 32.0 Å². The summed E-state index contributed by atoms with van der Waals surface area (Å²) in [6.07, 6.45) is -5.96. The van der Waals surface area contributed by atoms with Gasteiger partial charge < -0.3 is 25.6 Å². The van der Waals surface area contributed by atoms with Gasteiger partial charge in [-0.2, -0.15) is 13.2 Å². The number of nitrogens with two attached hydrogens (primary N) is 1. The molecule has 0 bridgehead atoms. The van der Waals surface area contributed by atoms with E-state index in [0.29, 0.717) is 27.0 Å². The Hall–Kier alpha value is -4.53. The van der Waals surface area contributed by atoms with Crippen molar-refractivity contribution in [3.05, 3.63) is 81.2 Å². The fraction of sp³-hybridized carbons (Fsp3) is 0.250. The van der Waals surface area contributed by atoms with Gasteiger partial charge in [-0.25, -0.2) is 14.4 Å². The van der Waals surface area contributed by atoms with E-state index < -0.39 is 48.1 Å². The summed E-state index contributed by atoms with van der Waals surface area (Å²) in [5.41, 5.74) is 1.44. The number of nitrogens with one attached hydrogen (secondary N) is 1. The number of benzene rings is 2. The van der Waals surface area contributed by atoms with Crippen LogP contribution in [0.5, 0.6) is 11.5 Å². The first-order valence-corrected chi connectivity index (χ1v) is 15.3. The Balaban J connectivity index is 1.62. The molecule has 4 N–H and O–H groups in total. The third-order valence-electron chi connectivity index (χ3n) is 7.40. The van der Waals surface area contributed by atoms with Crippen LogP contribution in [0.1, 0.15) is 34.2 Å². The highest BCUT2D eigenvalue weighted by Crippen LogP contribution is 2.44. The van der Waals surface area contributed by atoms with Gasteiger partial charge in [0.25, 0.3) is 5.91 Å². The van der Waals surface area contributed by atoms with Gasteiger partial charge in [0.2, 0.25) is 11.5 Å². The summed E-state index contributed by atoms with van der Waals surface area (Å²) >= 11 is 7.19. The average molecular weight is 691 g/mol. The summed E-state index contributed by atoms with van der Waals surface area (Å²) in [4.78, 5) is 33.8. The molecule has 2 aromatic carbocycles. The van der Waals surface area contributed by atoms with Crippen LogP contribution in [0.4, 0.5) is 17.6 Å². The molecular weight excluding hydrogens is 664 g/mol. The molecule has 3 aromatic heterocycles. The van der Waals surface area contributed by atoms with Crippen LogP contribution in [0, 0.1) is 12.7 Å². The van der Waals surface area contributed by atoms with Gasteiger partial charge in [0.15, 0.2) is 0 Å². The van der Waals surface area contributed by atoms with Gasteiger partial charge in [0.05, 0.1) is 47.8 Å². The minimum absolute atomic E-state index is 0.0331. The Morgan fingerprint density at radius 2 is 1.89 bits per heavy atom. The van der Waals surface area contributed by atoms with E-state index in [9.17, 15) is 32.3 Å². The maximum absolute atomic E-state index is 14.8. The number of nitrogens with zero attached hydrogens (tertiary/aromatic N) is 2. The first-order chi connectivity index (χ1) is 22.2. The second-order valence-corrected chi connectivity index (χ2v) is 11.8. The van der Waals surface area contributed by atoms with Gasteiger partial charge in [-0.05, 0) is 44.2 Å². The van der Waals surface area contributed by atoms with Crippen LogP contribution in [0.25, 0.3) is 32.2 Å². The third kappa shape index (κ3) is 6.40. The molecule has 2 amide bonds. The molecule has 0 saturated heterocycles. The molecule has 0 saturated carbocycles. The predicted octanol–water partition coefficient (Wildman–Crippen LogP) is 6.23. The van der Waals surface area contributed by atoms with Crippen molar-refractivity contribution in [1.29, 1.82) is 0 Å². The lowest BCUT2D eigenvalue weighted by Crippen LogP contribution is -2.51.